The van der Waals surface area contributed by atoms with Crippen molar-refractivity contribution in [2.75, 3.05) is 18.4 Å². The molecule has 1 N–H and O–H groups in total. The van der Waals surface area contributed by atoms with Crippen LogP contribution >= 0.6 is 11.3 Å². The topological polar surface area (TPSA) is 72.3 Å². The SMILES string of the molecule is Cn1nc(C(=O)N2CCC(Nc3nccs3)CC2)cc1OC(F)F. The highest BCUT2D eigenvalue weighted by Gasteiger charge is 2.26. The van der Waals surface area contributed by atoms with E-state index < -0.39 is 6.61 Å². The number of carbonyl (C=O) groups is 1. The van der Waals surface area contributed by atoms with Crippen molar-refractivity contribution in [3.05, 3.63) is 23.3 Å². The molecule has 3 rings (SSSR count). The van der Waals surface area contributed by atoms with Gasteiger partial charge in [0, 0.05) is 43.8 Å². The van der Waals surface area contributed by atoms with E-state index in [0.29, 0.717) is 13.1 Å². The van der Waals surface area contributed by atoms with E-state index >= 15 is 0 Å². The molecule has 7 nitrogen and oxygen atoms in total. The number of piperidine rings is 1. The Kier molecular flexibility index (Phi) is 4.93. The number of likely N-dealkylation sites (tertiary alicyclic amines) is 1. The summed E-state index contributed by atoms with van der Waals surface area (Å²) in [4.78, 5) is 18.3. The maximum atomic E-state index is 12.5. The number of rotatable bonds is 5. The van der Waals surface area contributed by atoms with Gasteiger partial charge in [-0.1, -0.05) is 0 Å². The molecule has 3 heterocycles. The molecule has 0 aliphatic carbocycles. The number of alkyl halides is 2. The van der Waals surface area contributed by atoms with Crippen LogP contribution in [0.2, 0.25) is 0 Å². The zero-order chi connectivity index (χ0) is 17.1. The number of nitrogens with one attached hydrogen (secondary N) is 1. The van der Waals surface area contributed by atoms with E-state index in [1.807, 2.05) is 5.38 Å². The molecule has 0 radical (unpaired) electrons. The smallest absolute Gasteiger partial charge is 0.388 e. The Bertz CT molecular complexity index is 683. The van der Waals surface area contributed by atoms with E-state index in [4.69, 9.17) is 0 Å². The lowest BCUT2D eigenvalue weighted by Gasteiger charge is -2.31. The lowest BCUT2D eigenvalue weighted by molar-refractivity contribution is -0.0553. The van der Waals surface area contributed by atoms with Gasteiger partial charge in [-0.05, 0) is 12.8 Å². The number of hydrogen-bond donors (Lipinski definition) is 1. The molecule has 0 unspecified atom stereocenters. The van der Waals surface area contributed by atoms with Gasteiger partial charge in [0.25, 0.3) is 5.91 Å². The fourth-order valence-electron chi connectivity index (χ4n) is 2.61. The number of anilines is 1. The third-order valence-corrected chi connectivity index (χ3v) is 4.51. The average molecular weight is 357 g/mol. The summed E-state index contributed by atoms with van der Waals surface area (Å²) in [6.45, 7) is -1.80. The minimum Gasteiger partial charge on any atom is -0.417 e. The summed E-state index contributed by atoms with van der Waals surface area (Å²) in [6, 6.07) is 1.51. The lowest BCUT2D eigenvalue weighted by atomic mass is 10.1. The van der Waals surface area contributed by atoms with Crippen LogP contribution in [0.15, 0.2) is 17.6 Å². The molecule has 0 spiro atoms. The molecule has 2 aromatic heterocycles. The molecule has 1 fully saturated rings. The van der Waals surface area contributed by atoms with Gasteiger partial charge in [0.05, 0.1) is 0 Å². The number of aryl methyl sites for hydroxylation is 1. The Morgan fingerprint density at radius 1 is 1.46 bits per heavy atom. The number of aromatic nitrogens is 3. The summed E-state index contributed by atoms with van der Waals surface area (Å²) in [5.74, 6) is -0.406. The first-order valence-electron chi connectivity index (χ1n) is 7.47. The maximum Gasteiger partial charge on any atom is 0.388 e. The molecular formula is C14H17F2N5O2S. The summed E-state index contributed by atoms with van der Waals surface area (Å²) in [7, 11) is 1.46. The van der Waals surface area contributed by atoms with Gasteiger partial charge in [0.2, 0.25) is 5.88 Å². The molecule has 0 saturated carbocycles. The van der Waals surface area contributed by atoms with E-state index in [9.17, 15) is 13.6 Å². The van der Waals surface area contributed by atoms with Crippen LogP contribution in [0.25, 0.3) is 0 Å². The van der Waals surface area contributed by atoms with Gasteiger partial charge in [-0.2, -0.15) is 13.9 Å². The quantitative estimate of drug-likeness (QED) is 0.888. The summed E-state index contributed by atoms with van der Waals surface area (Å²) in [6.07, 6.45) is 3.32. The number of halogens is 2. The summed E-state index contributed by atoms with van der Waals surface area (Å²) in [5, 5.41) is 10.1. The van der Waals surface area contributed by atoms with Crippen LogP contribution in [0.3, 0.4) is 0 Å². The predicted octanol–water partition coefficient (Wildman–Crippen LogP) is 2.19. The van der Waals surface area contributed by atoms with E-state index in [1.54, 1.807) is 11.1 Å². The Balaban J connectivity index is 1.57. The molecule has 10 heteroatoms. The fraction of sp³-hybridized carbons (Fsp3) is 0.500. The molecule has 130 valence electrons. The van der Waals surface area contributed by atoms with E-state index in [-0.39, 0.29) is 23.5 Å². The van der Waals surface area contributed by atoms with Crippen molar-refractivity contribution < 1.29 is 18.3 Å². The number of hydrogen-bond acceptors (Lipinski definition) is 6. The van der Waals surface area contributed by atoms with Crippen molar-refractivity contribution in [3.8, 4) is 5.88 Å². The van der Waals surface area contributed by atoms with Crippen LogP contribution in [-0.2, 0) is 7.05 Å². The molecule has 1 aliphatic rings. The largest absolute Gasteiger partial charge is 0.417 e. The highest BCUT2D eigenvalue weighted by molar-refractivity contribution is 7.13. The second-order valence-electron chi connectivity index (χ2n) is 5.42. The highest BCUT2D eigenvalue weighted by Crippen LogP contribution is 2.21. The Morgan fingerprint density at radius 2 is 2.21 bits per heavy atom. The monoisotopic (exact) mass is 357 g/mol. The van der Waals surface area contributed by atoms with Crippen LogP contribution in [-0.4, -0.2) is 51.3 Å². The van der Waals surface area contributed by atoms with Gasteiger partial charge < -0.3 is 15.0 Å². The van der Waals surface area contributed by atoms with Crippen molar-refractivity contribution in [2.45, 2.75) is 25.5 Å². The molecular weight excluding hydrogens is 340 g/mol. The van der Waals surface area contributed by atoms with Crippen molar-refractivity contribution in [3.63, 3.8) is 0 Å². The number of nitrogens with zero attached hydrogens (tertiary/aromatic N) is 4. The zero-order valence-corrected chi connectivity index (χ0v) is 13.8. The fourth-order valence-corrected chi connectivity index (χ4v) is 3.22. The van der Waals surface area contributed by atoms with Crippen molar-refractivity contribution >= 4 is 22.4 Å². The van der Waals surface area contributed by atoms with Gasteiger partial charge in [-0.25, -0.2) is 9.67 Å². The highest BCUT2D eigenvalue weighted by atomic mass is 32.1. The Labute approximate surface area is 141 Å². The number of ether oxygens (including phenoxy) is 1. The minimum atomic E-state index is -2.95. The standard InChI is InChI=1S/C14H17F2N5O2S/c1-20-11(23-13(15)16)8-10(19-20)12(22)21-5-2-9(3-6-21)18-14-17-4-7-24-14/h4,7-9,13H,2-3,5-6H2,1H3,(H,17,18). The molecule has 1 aliphatic heterocycles. The average Bonchev–Trinajstić information content (AvgIpc) is 3.17. The Hall–Kier alpha value is -2.23. The molecule has 24 heavy (non-hydrogen) atoms. The Morgan fingerprint density at radius 3 is 2.83 bits per heavy atom. The summed E-state index contributed by atoms with van der Waals surface area (Å²) < 4.78 is 30.0. The molecule has 0 bridgehead atoms. The van der Waals surface area contributed by atoms with Gasteiger partial charge in [0.15, 0.2) is 10.8 Å². The number of carbonyl (C=O) groups excluding carboxylic acids is 1. The first-order chi connectivity index (χ1) is 11.5. The van der Waals surface area contributed by atoms with Crippen LogP contribution in [0.4, 0.5) is 13.9 Å². The normalized spacial score (nSPS) is 15.8. The number of amides is 1. The van der Waals surface area contributed by atoms with Crippen LogP contribution < -0.4 is 10.1 Å². The first-order valence-corrected chi connectivity index (χ1v) is 8.35. The lowest BCUT2D eigenvalue weighted by Crippen LogP contribution is -2.42. The molecule has 2 aromatic rings. The van der Waals surface area contributed by atoms with Crippen molar-refractivity contribution in [1.29, 1.82) is 0 Å². The van der Waals surface area contributed by atoms with E-state index in [1.165, 1.54) is 24.5 Å². The van der Waals surface area contributed by atoms with Gasteiger partial charge in [-0.3, -0.25) is 4.79 Å². The van der Waals surface area contributed by atoms with Gasteiger partial charge >= 0.3 is 6.61 Å². The van der Waals surface area contributed by atoms with Gasteiger partial charge in [-0.15, -0.1) is 11.3 Å². The van der Waals surface area contributed by atoms with E-state index in [2.05, 4.69) is 20.1 Å². The van der Waals surface area contributed by atoms with Crippen molar-refractivity contribution in [2.24, 2.45) is 7.05 Å². The second kappa shape index (κ2) is 7.12. The molecule has 1 amide bonds. The van der Waals surface area contributed by atoms with Crippen LogP contribution in [0.1, 0.15) is 23.3 Å². The molecule has 1 saturated heterocycles. The maximum absolute atomic E-state index is 12.5. The third kappa shape index (κ3) is 3.81. The number of thiazole rings is 1. The summed E-state index contributed by atoms with van der Waals surface area (Å²) >= 11 is 1.54. The van der Waals surface area contributed by atoms with Crippen LogP contribution in [0.5, 0.6) is 5.88 Å². The predicted molar refractivity (Wildman–Crippen MR) is 84.5 cm³/mol. The van der Waals surface area contributed by atoms with Crippen molar-refractivity contribution in [1.82, 2.24) is 19.7 Å². The van der Waals surface area contributed by atoms with Crippen LogP contribution in [0, 0.1) is 0 Å². The molecule has 0 atom stereocenters. The minimum absolute atomic E-state index is 0.111. The molecule has 0 aromatic carbocycles. The van der Waals surface area contributed by atoms with E-state index in [0.717, 1.165) is 22.7 Å². The summed E-state index contributed by atoms with van der Waals surface area (Å²) in [5.41, 5.74) is 0.111. The first kappa shape index (κ1) is 16.6. The van der Waals surface area contributed by atoms with Gasteiger partial charge in [0.1, 0.15) is 0 Å². The third-order valence-electron chi connectivity index (χ3n) is 3.81. The second-order valence-corrected chi connectivity index (χ2v) is 6.31. The zero-order valence-electron chi connectivity index (χ0n) is 13.0.